The molecule has 0 aliphatic rings. The highest BCUT2D eigenvalue weighted by Crippen LogP contribution is 2.31. The van der Waals surface area contributed by atoms with E-state index in [-0.39, 0.29) is 10.9 Å². The molecule has 0 radical (unpaired) electrons. The maximum absolute atomic E-state index is 12.8. The van der Waals surface area contributed by atoms with E-state index in [1.165, 1.54) is 29.5 Å². The fraction of sp³-hybridized carbons (Fsp3) is 0.111. The van der Waals surface area contributed by atoms with E-state index in [4.69, 9.17) is 27.9 Å². The molecule has 84 valence electrons. The minimum atomic E-state index is -0.420. The van der Waals surface area contributed by atoms with Gasteiger partial charge < -0.3 is 4.74 Å². The van der Waals surface area contributed by atoms with Crippen LogP contribution >= 0.6 is 34.5 Å². The number of hydrogen-bond acceptors (Lipinski definition) is 4. The summed E-state index contributed by atoms with van der Waals surface area (Å²) in [5, 5.41) is 8.68. The quantitative estimate of drug-likeness (QED) is 0.800. The van der Waals surface area contributed by atoms with Crippen molar-refractivity contribution in [2.24, 2.45) is 0 Å². The topological polar surface area (TPSA) is 35.0 Å². The minimum absolute atomic E-state index is 0.183. The molecule has 1 heterocycles. The van der Waals surface area contributed by atoms with Crippen molar-refractivity contribution >= 4 is 34.5 Å². The zero-order valence-corrected chi connectivity index (χ0v) is 10.1. The van der Waals surface area contributed by atoms with Gasteiger partial charge in [-0.05, 0) is 18.2 Å². The first kappa shape index (κ1) is 11.6. The Hall–Kier alpha value is -0.910. The number of rotatable bonds is 3. The first-order valence-corrected chi connectivity index (χ1v) is 5.93. The Morgan fingerprint density at radius 2 is 2.19 bits per heavy atom. The third kappa shape index (κ3) is 2.61. The largest absolute Gasteiger partial charge is 0.428 e. The molecule has 0 aliphatic heterocycles. The van der Waals surface area contributed by atoms with Crippen LogP contribution in [0.15, 0.2) is 18.2 Å². The summed E-state index contributed by atoms with van der Waals surface area (Å²) < 4.78 is 18.1. The SMILES string of the molecule is Fc1ccc(Oc2nnc(CCl)s2)c(Cl)c1. The second kappa shape index (κ2) is 4.95. The molecule has 7 heteroatoms. The molecule has 0 amide bonds. The van der Waals surface area contributed by atoms with E-state index in [2.05, 4.69) is 10.2 Å². The van der Waals surface area contributed by atoms with Crippen molar-refractivity contribution in [3.8, 4) is 10.9 Å². The van der Waals surface area contributed by atoms with Crippen molar-refractivity contribution in [2.75, 3.05) is 0 Å². The predicted octanol–water partition coefficient (Wildman–Crippen LogP) is 3.86. The number of hydrogen-bond donors (Lipinski definition) is 0. The van der Waals surface area contributed by atoms with Crippen molar-refractivity contribution in [3.05, 3.63) is 34.0 Å². The van der Waals surface area contributed by atoms with Gasteiger partial charge in [-0.3, -0.25) is 0 Å². The molecule has 0 aliphatic carbocycles. The zero-order valence-electron chi connectivity index (χ0n) is 7.78. The summed E-state index contributed by atoms with van der Waals surface area (Å²) in [7, 11) is 0. The Balaban J connectivity index is 2.20. The van der Waals surface area contributed by atoms with E-state index >= 15 is 0 Å². The van der Waals surface area contributed by atoms with Gasteiger partial charge in [-0.15, -0.1) is 16.7 Å². The molecule has 0 bridgehead atoms. The summed E-state index contributed by atoms with van der Waals surface area (Å²) in [5.74, 6) is 0.189. The number of aromatic nitrogens is 2. The summed E-state index contributed by atoms with van der Waals surface area (Å²) in [6.07, 6.45) is 0. The van der Waals surface area contributed by atoms with Crippen molar-refractivity contribution in [3.63, 3.8) is 0 Å². The van der Waals surface area contributed by atoms with E-state index in [0.717, 1.165) is 0 Å². The average molecular weight is 279 g/mol. The Bertz CT molecular complexity index is 506. The highest BCUT2D eigenvalue weighted by Gasteiger charge is 2.08. The lowest BCUT2D eigenvalue weighted by atomic mass is 10.3. The fourth-order valence-corrected chi connectivity index (χ4v) is 1.96. The predicted molar refractivity (Wildman–Crippen MR) is 61.0 cm³/mol. The van der Waals surface area contributed by atoms with Gasteiger partial charge in [0.1, 0.15) is 16.6 Å². The second-order valence-corrected chi connectivity index (χ2v) is 4.47. The lowest BCUT2D eigenvalue weighted by molar-refractivity contribution is 0.471. The molecule has 0 N–H and O–H groups in total. The molecule has 3 nitrogen and oxygen atoms in total. The smallest absolute Gasteiger partial charge is 0.299 e. The van der Waals surface area contributed by atoms with Gasteiger partial charge in [0.25, 0.3) is 5.19 Å². The minimum Gasteiger partial charge on any atom is -0.428 e. The maximum Gasteiger partial charge on any atom is 0.299 e. The van der Waals surface area contributed by atoms with Gasteiger partial charge in [0.2, 0.25) is 0 Å². The van der Waals surface area contributed by atoms with Gasteiger partial charge >= 0.3 is 0 Å². The van der Waals surface area contributed by atoms with Crippen LogP contribution in [0.1, 0.15) is 5.01 Å². The summed E-state index contributed by atoms with van der Waals surface area (Å²) in [6, 6.07) is 3.85. The van der Waals surface area contributed by atoms with Crippen LogP contribution < -0.4 is 4.74 Å². The van der Waals surface area contributed by atoms with E-state index in [1.807, 2.05) is 0 Å². The summed E-state index contributed by atoms with van der Waals surface area (Å²) in [6.45, 7) is 0. The van der Waals surface area contributed by atoms with Crippen molar-refractivity contribution < 1.29 is 9.13 Å². The Morgan fingerprint density at radius 3 is 2.81 bits per heavy atom. The number of ether oxygens (including phenoxy) is 1. The highest BCUT2D eigenvalue weighted by molar-refractivity contribution is 7.13. The molecule has 0 fully saturated rings. The van der Waals surface area contributed by atoms with Crippen LogP contribution in [0.4, 0.5) is 4.39 Å². The Morgan fingerprint density at radius 1 is 1.38 bits per heavy atom. The van der Waals surface area contributed by atoms with E-state index in [1.54, 1.807) is 0 Å². The molecule has 16 heavy (non-hydrogen) atoms. The molecule has 0 unspecified atom stereocenters. The molecule has 0 atom stereocenters. The van der Waals surface area contributed by atoms with Crippen LogP contribution in [0.5, 0.6) is 10.9 Å². The van der Waals surface area contributed by atoms with Crippen LogP contribution in [0.2, 0.25) is 5.02 Å². The van der Waals surface area contributed by atoms with E-state index < -0.39 is 5.82 Å². The normalized spacial score (nSPS) is 10.4. The summed E-state index contributed by atoms with van der Waals surface area (Å²) >= 11 is 12.6. The second-order valence-electron chi connectivity index (χ2n) is 2.77. The Labute approximate surface area is 105 Å². The molecule has 1 aromatic carbocycles. The molecule has 0 saturated heterocycles. The molecule has 2 rings (SSSR count). The summed E-state index contributed by atoms with van der Waals surface area (Å²) in [4.78, 5) is 0. The zero-order chi connectivity index (χ0) is 11.5. The van der Waals surface area contributed by atoms with Crippen LogP contribution in [0.25, 0.3) is 0 Å². The van der Waals surface area contributed by atoms with Crippen molar-refractivity contribution in [2.45, 2.75) is 5.88 Å². The molecular formula is C9H5Cl2FN2OS. The third-order valence-electron chi connectivity index (χ3n) is 1.65. The molecule has 2 aromatic rings. The third-order valence-corrected chi connectivity index (χ3v) is 3.16. The molecule has 0 saturated carbocycles. The lowest BCUT2D eigenvalue weighted by Crippen LogP contribution is -1.85. The first-order valence-electron chi connectivity index (χ1n) is 4.20. The lowest BCUT2D eigenvalue weighted by Gasteiger charge is -2.02. The van der Waals surface area contributed by atoms with Gasteiger partial charge in [-0.25, -0.2) is 4.39 Å². The Kier molecular flexibility index (Phi) is 3.58. The highest BCUT2D eigenvalue weighted by atomic mass is 35.5. The van der Waals surface area contributed by atoms with Gasteiger partial charge in [0.05, 0.1) is 10.9 Å². The number of nitrogens with zero attached hydrogens (tertiary/aromatic N) is 2. The first-order chi connectivity index (χ1) is 7.69. The van der Waals surface area contributed by atoms with Crippen LogP contribution in [0.3, 0.4) is 0 Å². The van der Waals surface area contributed by atoms with Gasteiger partial charge in [0, 0.05) is 0 Å². The van der Waals surface area contributed by atoms with E-state index in [9.17, 15) is 4.39 Å². The standard InChI is InChI=1S/C9H5Cl2FN2OS/c10-4-8-13-14-9(16-8)15-7-2-1-5(12)3-6(7)11/h1-3H,4H2. The number of alkyl halides is 1. The van der Waals surface area contributed by atoms with Gasteiger partial charge in [0.15, 0.2) is 0 Å². The molecular weight excluding hydrogens is 274 g/mol. The van der Waals surface area contributed by atoms with Crippen molar-refractivity contribution in [1.82, 2.24) is 10.2 Å². The monoisotopic (exact) mass is 278 g/mol. The van der Waals surface area contributed by atoms with Crippen LogP contribution in [0, 0.1) is 5.82 Å². The van der Waals surface area contributed by atoms with Crippen LogP contribution in [-0.2, 0) is 5.88 Å². The molecule has 1 aromatic heterocycles. The van der Waals surface area contributed by atoms with E-state index in [0.29, 0.717) is 16.0 Å². The number of benzene rings is 1. The fourth-order valence-electron chi connectivity index (χ4n) is 0.985. The molecule has 0 spiro atoms. The van der Waals surface area contributed by atoms with Gasteiger partial charge in [-0.2, -0.15) is 0 Å². The van der Waals surface area contributed by atoms with Crippen molar-refractivity contribution in [1.29, 1.82) is 0 Å². The number of halogens is 3. The average Bonchev–Trinajstić information content (AvgIpc) is 2.70. The van der Waals surface area contributed by atoms with Crippen LogP contribution in [-0.4, -0.2) is 10.2 Å². The maximum atomic E-state index is 12.8. The van der Waals surface area contributed by atoms with Gasteiger partial charge in [-0.1, -0.05) is 28.0 Å². The summed E-state index contributed by atoms with van der Waals surface area (Å²) in [5.41, 5.74) is 0.